The van der Waals surface area contributed by atoms with Crippen molar-refractivity contribution in [2.45, 2.75) is 6.04 Å². The highest BCUT2D eigenvalue weighted by Crippen LogP contribution is 2.32. The summed E-state index contributed by atoms with van der Waals surface area (Å²) in [6.07, 6.45) is 0. The highest BCUT2D eigenvalue weighted by molar-refractivity contribution is 6.34. The van der Waals surface area contributed by atoms with Crippen molar-refractivity contribution in [1.29, 1.82) is 0 Å². The van der Waals surface area contributed by atoms with Crippen LogP contribution in [0.4, 0.5) is 0 Å². The lowest BCUT2D eigenvalue weighted by Gasteiger charge is -2.18. The van der Waals surface area contributed by atoms with Crippen LogP contribution in [0.25, 0.3) is 0 Å². The van der Waals surface area contributed by atoms with Gasteiger partial charge in [-0.05, 0) is 41.5 Å². The van der Waals surface area contributed by atoms with Gasteiger partial charge in [-0.15, -0.1) is 0 Å². The maximum absolute atomic E-state index is 6.02. The molecule has 20 heavy (non-hydrogen) atoms. The first-order valence-electron chi connectivity index (χ1n) is 5.80. The van der Waals surface area contributed by atoms with Gasteiger partial charge >= 0.3 is 0 Å². The Bertz CT molecular complexity index is 599. The molecule has 1 unspecified atom stereocenters. The van der Waals surface area contributed by atoms with Crippen molar-refractivity contribution in [1.82, 2.24) is 5.43 Å². The van der Waals surface area contributed by atoms with E-state index >= 15 is 0 Å². The lowest BCUT2D eigenvalue weighted by atomic mass is 9.99. The number of ether oxygens (including phenoxy) is 1. The fourth-order valence-corrected chi connectivity index (χ4v) is 2.72. The van der Waals surface area contributed by atoms with Crippen molar-refractivity contribution in [3.8, 4) is 5.75 Å². The molecule has 0 spiro atoms. The van der Waals surface area contributed by atoms with Gasteiger partial charge in [0.05, 0.1) is 18.2 Å². The normalized spacial score (nSPS) is 12.2. The van der Waals surface area contributed by atoms with Crippen LogP contribution in [0.5, 0.6) is 5.75 Å². The molecule has 2 aromatic carbocycles. The Balaban J connectivity index is 2.46. The van der Waals surface area contributed by atoms with Gasteiger partial charge in [-0.25, -0.2) is 5.43 Å². The van der Waals surface area contributed by atoms with E-state index in [2.05, 4.69) is 5.43 Å². The molecule has 0 fully saturated rings. The maximum atomic E-state index is 6.02. The SMILES string of the molecule is COc1cc(C(NN)c2cc(Cl)cc(Cl)c2)ccc1Cl. The quantitative estimate of drug-likeness (QED) is 0.652. The number of rotatable bonds is 4. The number of benzene rings is 2. The van der Waals surface area contributed by atoms with Gasteiger partial charge in [0.1, 0.15) is 5.75 Å². The van der Waals surface area contributed by atoms with Crippen LogP contribution in [0.15, 0.2) is 36.4 Å². The Kier molecular flexibility index (Phi) is 5.13. The summed E-state index contributed by atoms with van der Waals surface area (Å²) in [5.74, 6) is 6.24. The molecular weight excluding hydrogens is 319 g/mol. The summed E-state index contributed by atoms with van der Waals surface area (Å²) in [6, 6.07) is 10.5. The Hall–Kier alpha value is -0.970. The average molecular weight is 332 g/mol. The van der Waals surface area contributed by atoms with Crippen LogP contribution in [0, 0.1) is 0 Å². The van der Waals surface area contributed by atoms with Crippen molar-refractivity contribution in [3.05, 3.63) is 62.6 Å². The first-order valence-corrected chi connectivity index (χ1v) is 6.94. The van der Waals surface area contributed by atoms with Crippen LogP contribution in [0.2, 0.25) is 15.1 Å². The van der Waals surface area contributed by atoms with Crippen LogP contribution in [-0.2, 0) is 0 Å². The molecule has 2 aromatic rings. The van der Waals surface area contributed by atoms with Gasteiger partial charge in [-0.3, -0.25) is 5.84 Å². The molecular formula is C14H13Cl3N2O. The van der Waals surface area contributed by atoms with Gasteiger partial charge in [0.2, 0.25) is 0 Å². The summed E-state index contributed by atoms with van der Waals surface area (Å²) in [4.78, 5) is 0. The molecule has 0 aliphatic heterocycles. The van der Waals surface area contributed by atoms with Gasteiger partial charge in [0, 0.05) is 10.0 Å². The molecule has 3 nitrogen and oxygen atoms in total. The number of hydrogen-bond acceptors (Lipinski definition) is 3. The van der Waals surface area contributed by atoms with E-state index in [0.29, 0.717) is 20.8 Å². The molecule has 0 aromatic heterocycles. The molecule has 2 rings (SSSR count). The second-order valence-corrected chi connectivity index (χ2v) is 5.48. The lowest BCUT2D eigenvalue weighted by molar-refractivity contribution is 0.414. The van der Waals surface area contributed by atoms with Gasteiger partial charge in [-0.2, -0.15) is 0 Å². The molecule has 0 radical (unpaired) electrons. The average Bonchev–Trinajstić information content (AvgIpc) is 2.40. The molecule has 0 heterocycles. The predicted molar refractivity (Wildman–Crippen MR) is 83.6 cm³/mol. The third kappa shape index (κ3) is 3.37. The molecule has 0 aliphatic carbocycles. The zero-order valence-corrected chi connectivity index (χ0v) is 12.9. The van der Waals surface area contributed by atoms with Crippen molar-refractivity contribution >= 4 is 34.8 Å². The fraction of sp³-hybridized carbons (Fsp3) is 0.143. The summed E-state index contributed by atoms with van der Waals surface area (Å²) in [6.45, 7) is 0. The Morgan fingerprint density at radius 3 is 2.20 bits per heavy atom. The largest absolute Gasteiger partial charge is 0.495 e. The van der Waals surface area contributed by atoms with Gasteiger partial charge < -0.3 is 4.74 Å². The van der Waals surface area contributed by atoms with E-state index in [1.807, 2.05) is 12.1 Å². The molecule has 1 atom stereocenters. The minimum atomic E-state index is -0.266. The maximum Gasteiger partial charge on any atom is 0.137 e. The number of nitrogens with two attached hydrogens (primary N) is 1. The zero-order chi connectivity index (χ0) is 14.7. The molecule has 0 saturated heterocycles. The van der Waals surface area contributed by atoms with E-state index < -0.39 is 0 Å². The second-order valence-electron chi connectivity index (χ2n) is 4.20. The van der Waals surface area contributed by atoms with Crippen molar-refractivity contribution in [3.63, 3.8) is 0 Å². The van der Waals surface area contributed by atoms with Crippen molar-refractivity contribution < 1.29 is 4.74 Å². The Morgan fingerprint density at radius 1 is 1.00 bits per heavy atom. The van der Waals surface area contributed by atoms with Crippen LogP contribution >= 0.6 is 34.8 Å². The van der Waals surface area contributed by atoms with E-state index in [-0.39, 0.29) is 6.04 Å². The van der Waals surface area contributed by atoms with E-state index in [4.69, 9.17) is 45.4 Å². The lowest BCUT2D eigenvalue weighted by Crippen LogP contribution is -2.28. The van der Waals surface area contributed by atoms with E-state index in [9.17, 15) is 0 Å². The van der Waals surface area contributed by atoms with Crippen molar-refractivity contribution in [2.75, 3.05) is 7.11 Å². The van der Waals surface area contributed by atoms with Crippen LogP contribution in [-0.4, -0.2) is 7.11 Å². The third-order valence-corrected chi connectivity index (χ3v) is 3.64. The fourth-order valence-electron chi connectivity index (χ4n) is 1.98. The topological polar surface area (TPSA) is 47.3 Å². The first-order chi connectivity index (χ1) is 9.55. The summed E-state index contributed by atoms with van der Waals surface area (Å²) in [7, 11) is 1.56. The molecule has 0 bridgehead atoms. The molecule has 106 valence electrons. The van der Waals surface area contributed by atoms with E-state index in [1.165, 1.54) is 0 Å². The van der Waals surface area contributed by atoms with Crippen LogP contribution in [0.1, 0.15) is 17.2 Å². The molecule has 0 amide bonds. The summed E-state index contributed by atoms with van der Waals surface area (Å²) >= 11 is 18.1. The Labute approximate surface area is 132 Å². The number of halogens is 3. The summed E-state index contributed by atoms with van der Waals surface area (Å²) in [5, 5.41) is 1.64. The number of methoxy groups -OCH3 is 1. The van der Waals surface area contributed by atoms with Gasteiger partial charge in [0.15, 0.2) is 0 Å². The minimum absolute atomic E-state index is 0.266. The summed E-state index contributed by atoms with van der Waals surface area (Å²) < 4.78 is 5.21. The molecule has 6 heteroatoms. The van der Waals surface area contributed by atoms with E-state index in [1.54, 1.807) is 31.4 Å². The minimum Gasteiger partial charge on any atom is -0.495 e. The highest BCUT2D eigenvalue weighted by Gasteiger charge is 2.15. The molecule has 3 N–H and O–H groups in total. The smallest absolute Gasteiger partial charge is 0.137 e. The number of hydrazine groups is 1. The molecule has 0 aliphatic rings. The standard InChI is InChI=1S/C14H13Cl3N2O/c1-20-13-6-8(2-3-12(13)17)14(19-18)9-4-10(15)7-11(16)5-9/h2-7,14,19H,18H2,1H3. The zero-order valence-electron chi connectivity index (χ0n) is 10.7. The van der Waals surface area contributed by atoms with E-state index in [0.717, 1.165) is 11.1 Å². The second kappa shape index (κ2) is 6.66. The Morgan fingerprint density at radius 2 is 1.65 bits per heavy atom. The number of nitrogens with one attached hydrogen (secondary N) is 1. The highest BCUT2D eigenvalue weighted by atomic mass is 35.5. The number of hydrogen-bond donors (Lipinski definition) is 2. The van der Waals surface area contributed by atoms with Crippen LogP contribution < -0.4 is 16.0 Å². The van der Waals surface area contributed by atoms with Crippen LogP contribution in [0.3, 0.4) is 0 Å². The third-order valence-electron chi connectivity index (χ3n) is 2.89. The van der Waals surface area contributed by atoms with Gasteiger partial charge in [0.25, 0.3) is 0 Å². The first kappa shape index (κ1) is 15.4. The predicted octanol–water partition coefficient (Wildman–Crippen LogP) is 4.21. The van der Waals surface area contributed by atoms with Gasteiger partial charge in [-0.1, -0.05) is 40.9 Å². The molecule has 0 saturated carbocycles. The van der Waals surface area contributed by atoms with Crippen molar-refractivity contribution in [2.24, 2.45) is 5.84 Å². The summed E-state index contributed by atoms with van der Waals surface area (Å²) in [5.41, 5.74) is 4.50. The monoisotopic (exact) mass is 330 g/mol.